The van der Waals surface area contributed by atoms with Crippen LogP contribution in [0.15, 0.2) is 0 Å². The molecule has 0 bridgehead atoms. The highest BCUT2D eigenvalue weighted by molar-refractivity contribution is 5.02. The molecule has 0 spiro atoms. The van der Waals surface area contributed by atoms with E-state index in [-0.39, 0.29) is 5.54 Å². The molecule has 2 rings (SSSR count). The lowest BCUT2D eigenvalue weighted by molar-refractivity contribution is 0.0805. The second kappa shape index (κ2) is 5.03. The Morgan fingerprint density at radius 2 is 2.31 bits per heavy atom. The minimum absolute atomic E-state index is 0.276. The van der Waals surface area contributed by atoms with Crippen LogP contribution in [-0.2, 0) is 4.74 Å². The number of hydrogen-bond acceptors (Lipinski definition) is 3. The van der Waals surface area contributed by atoms with E-state index in [9.17, 15) is 0 Å². The normalized spacial score (nSPS) is 36.4. The Labute approximate surface area is 99.5 Å². The van der Waals surface area contributed by atoms with Gasteiger partial charge < -0.3 is 15.0 Å². The number of methoxy groups -OCH3 is 1. The van der Waals surface area contributed by atoms with Crippen molar-refractivity contribution in [3.05, 3.63) is 0 Å². The van der Waals surface area contributed by atoms with Gasteiger partial charge in [0.2, 0.25) is 0 Å². The Morgan fingerprint density at radius 3 is 2.81 bits per heavy atom. The molecule has 94 valence electrons. The van der Waals surface area contributed by atoms with Crippen LogP contribution in [0.2, 0.25) is 0 Å². The van der Waals surface area contributed by atoms with Crippen LogP contribution in [0.5, 0.6) is 0 Å². The van der Waals surface area contributed by atoms with E-state index in [4.69, 9.17) is 4.74 Å². The van der Waals surface area contributed by atoms with Gasteiger partial charge in [0, 0.05) is 25.2 Å². The maximum Gasteiger partial charge on any atom is 0.0647 e. The van der Waals surface area contributed by atoms with Crippen molar-refractivity contribution in [3.63, 3.8) is 0 Å². The van der Waals surface area contributed by atoms with E-state index in [1.54, 1.807) is 0 Å². The predicted octanol–water partition coefficient (Wildman–Crippen LogP) is 1.49. The van der Waals surface area contributed by atoms with Gasteiger partial charge in [-0.1, -0.05) is 0 Å². The molecule has 2 heterocycles. The summed E-state index contributed by atoms with van der Waals surface area (Å²) in [5.41, 5.74) is 0.276. The molecule has 0 aromatic heterocycles. The standard InChI is InChI=1S/C13H26N2O/c1-11(2)15-8-5-12(9-15)13(10-16-3)6-4-7-14-13/h11-12,14H,4-10H2,1-3H3. The van der Waals surface area contributed by atoms with Crippen LogP contribution in [0.3, 0.4) is 0 Å². The molecule has 2 unspecified atom stereocenters. The quantitative estimate of drug-likeness (QED) is 0.786. The molecule has 2 fully saturated rings. The molecule has 2 atom stereocenters. The molecule has 0 aromatic carbocycles. The summed E-state index contributed by atoms with van der Waals surface area (Å²) in [7, 11) is 1.83. The summed E-state index contributed by atoms with van der Waals surface area (Å²) in [4.78, 5) is 2.60. The zero-order valence-corrected chi connectivity index (χ0v) is 11.0. The molecule has 1 N–H and O–H groups in total. The SMILES string of the molecule is COCC1(C2CCN(C(C)C)C2)CCCN1. The first-order valence-electron chi connectivity index (χ1n) is 6.66. The van der Waals surface area contributed by atoms with Crippen LogP contribution >= 0.6 is 0 Å². The Morgan fingerprint density at radius 1 is 1.50 bits per heavy atom. The van der Waals surface area contributed by atoms with E-state index >= 15 is 0 Å². The van der Waals surface area contributed by atoms with Crippen molar-refractivity contribution in [1.82, 2.24) is 10.2 Å². The smallest absolute Gasteiger partial charge is 0.0647 e. The monoisotopic (exact) mass is 226 g/mol. The zero-order chi connectivity index (χ0) is 11.6. The van der Waals surface area contributed by atoms with E-state index < -0.39 is 0 Å². The Balaban J connectivity index is 2.00. The van der Waals surface area contributed by atoms with Gasteiger partial charge in [-0.3, -0.25) is 0 Å². The maximum atomic E-state index is 5.46. The van der Waals surface area contributed by atoms with Crippen LogP contribution in [-0.4, -0.2) is 49.8 Å². The van der Waals surface area contributed by atoms with Crippen molar-refractivity contribution >= 4 is 0 Å². The van der Waals surface area contributed by atoms with Crippen molar-refractivity contribution in [3.8, 4) is 0 Å². The fourth-order valence-corrected chi connectivity index (χ4v) is 3.38. The number of nitrogens with one attached hydrogen (secondary N) is 1. The minimum atomic E-state index is 0.276. The summed E-state index contributed by atoms with van der Waals surface area (Å²) in [5, 5.41) is 3.72. The molecule has 0 aromatic rings. The van der Waals surface area contributed by atoms with E-state index in [0.717, 1.165) is 12.5 Å². The molecule has 0 radical (unpaired) electrons. The van der Waals surface area contributed by atoms with Crippen LogP contribution in [0.25, 0.3) is 0 Å². The van der Waals surface area contributed by atoms with E-state index in [1.165, 1.54) is 38.9 Å². The average molecular weight is 226 g/mol. The molecule has 2 aliphatic heterocycles. The first kappa shape index (κ1) is 12.3. The van der Waals surface area contributed by atoms with Gasteiger partial charge in [-0.05, 0) is 52.1 Å². The fraction of sp³-hybridized carbons (Fsp3) is 1.00. The van der Waals surface area contributed by atoms with Crippen molar-refractivity contribution < 1.29 is 4.74 Å². The van der Waals surface area contributed by atoms with Gasteiger partial charge in [-0.2, -0.15) is 0 Å². The van der Waals surface area contributed by atoms with Crippen LogP contribution in [0, 0.1) is 5.92 Å². The Hall–Kier alpha value is -0.120. The molecule has 2 saturated heterocycles. The first-order valence-corrected chi connectivity index (χ1v) is 6.66. The molecule has 16 heavy (non-hydrogen) atoms. The largest absolute Gasteiger partial charge is 0.383 e. The molecular weight excluding hydrogens is 200 g/mol. The van der Waals surface area contributed by atoms with Gasteiger partial charge in [0.1, 0.15) is 0 Å². The van der Waals surface area contributed by atoms with E-state index in [1.807, 2.05) is 7.11 Å². The second-order valence-corrected chi connectivity index (χ2v) is 5.69. The predicted molar refractivity (Wildman–Crippen MR) is 66.7 cm³/mol. The molecular formula is C13H26N2O. The summed E-state index contributed by atoms with van der Waals surface area (Å²) < 4.78 is 5.46. The minimum Gasteiger partial charge on any atom is -0.383 e. The summed E-state index contributed by atoms with van der Waals surface area (Å²) in [5.74, 6) is 0.775. The number of rotatable bonds is 4. The van der Waals surface area contributed by atoms with E-state index in [2.05, 4.69) is 24.1 Å². The summed E-state index contributed by atoms with van der Waals surface area (Å²) in [6, 6.07) is 0.686. The van der Waals surface area contributed by atoms with E-state index in [0.29, 0.717) is 6.04 Å². The lowest BCUT2D eigenvalue weighted by Crippen LogP contribution is -2.51. The Bertz CT molecular complexity index is 224. The van der Waals surface area contributed by atoms with Gasteiger partial charge in [0.15, 0.2) is 0 Å². The number of hydrogen-bond donors (Lipinski definition) is 1. The first-order chi connectivity index (χ1) is 7.68. The van der Waals surface area contributed by atoms with Gasteiger partial charge in [0.05, 0.1) is 6.61 Å². The number of likely N-dealkylation sites (tertiary alicyclic amines) is 1. The number of ether oxygens (including phenoxy) is 1. The van der Waals surface area contributed by atoms with Crippen LogP contribution in [0.1, 0.15) is 33.1 Å². The second-order valence-electron chi connectivity index (χ2n) is 5.69. The third kappa shape index (κ3) is 2.27. The van der Waals surface area contributed by atoms with Crippen molar-refractivity contribution in [1.29, 1.82) is 0 Å². The number of nitrogens with zero attached hydrogens (tertiary/aromatic N) is 1. The highest BCUT2D eigenvalue weighted by Crippen LogP contribution is 2.35. The topological polar surface area (TPSA) is 24.5 Å². The van der Waals surface area contributed by atoms with Gasteiger partial charge in [0.25, 0.3) is 0 Å². The fourth-order valence-electron chi connectivity index (χ4n) is 3.38. The molecule has 0 saturated carbocycles. The van der Waals surface area contributed by atoms with Crippen molar-refractivity contribution in [2.45, 2.75) is 44.7 Å². The molecule has 3 heteroatoms. The molecule has 3 nitrogen and oxygen atoms in total. The molecule has 2 aliphatic rings. The lowest BCUT2D eigenvalue weighted by Gasteiger charge is -2.35. The highest BCUT2D eigenvalue weighted by atomic mass is 16.5. The van der Waals surface area contributed by atoms with Crippen LogP contribution < -0.4 is 5.32 Å². The maximum absolute atomic E-state index is 5.46. The lowest BCUT2D eigenvalue weighted by atomic mass is 9.82. The van der Waals surface area contributed by atoms with Gasteiger partial charge in [-0.15, -0.1) is 0 Å². The Kier molecular flexibility index (Phi) is 3.88. The van der Waals surface area contributed by atoms with Crippen molar-refractivity contribution in [2.75, 3.05) is 33.4 Å². The molecule has 0 aliphatic carbocycles. The summed E-state index contributed by atoms with van der Waals surface area (Å²) in [6.07, 6.45) is 3.92. The zero-order valence-electron chi connectivity index (χ0n) is 11.0. The third-order valence-electron chi connectivity index (χ3n) is 4.41. The van der Waals surface area contributed by atoms with Gasteiger partial charge >= 0.3 is 0 Å². The van der Waals surface area contributed by atoms with Crippen molar-refractivity contribution in [2.24, 2.45) is 5.92 Å². The average Bonchev–Trinajstić information content (AvgIpc) is 2.85. The highest BCUT2D eigenvalue weighted by Gasteiger charge is 2.44. The van der Waals surface area contributed by atoms with Gasteiger partial charge in [-0.25, -0.2) is 0 Å². The molecule has 0 amide bonds. The summed E-state index contributed by atoms with van der Waals surface area (Å²) in [6.45, 7) is 9.15. The third-order valence-corrected chi connectivity index (χ3v) is 4.41. The summed E-state index contributed by atoms with van der Waals surface area (Å²) >= 11 is 0. The van der Waals surface area contributed by atoms with Crippen LogP contribution in [0.4, 0.5) is 0 Å².